The van der Waals surface area contributed by atoms with Crippen molar-refractivity contribution in [3.8, 4) is 0 Å². The maximum atomic E-state index is 5.70. The predicted molar refractivity (Wildman–Crippen MR) is 71.9 cm³/mol. The lowest BCUT2D eigenvalue weighted by Gasteiger charge is -2.44. The fourth-order valence-corrected chi connectivity index (χ4v) is 4.23. The molecule has 1 aliphatic heterocycles. The van der Waals surface area contributed by atoms with Gasteiger partial charge < -0.3 is 5.73 Å². The summed E-state index contributed by atoms with van der Waals surface area (Å²) in [6.45, 7) is 2.33. The van der Waals surface area contributed by atoms with Gasteiger partial charge in [-0.1, -0.05) is 12.8 Å². The van der Waals surface area contributed by atoms with Crippen molar-refractivity contribution in [2.45, 2.75) is 51.1 Å². The van der Waals surface area contributed by atoms with Crippen molar-refractivity contribution in [2.75, 3.05) is 12.3 Å². The lowest BCUT2D eigenvalue weighted by atomic mass is 9.78. The van der Waals surface area contributed by atoms with Gasteiger partial charge in [-0.3, -0.25) is 4.90 Å². The molecule has 2 atom stereocenters. The van der Waals surface area contributed by atoms with Crippen molar-refractivity contribution in [2.24, 2.45) is 5.92 Å². The molecule has 1 aromatic heterocycles. The molecule has 2 aliphatic rings. The van der Waals surface area contributed by atoms with Crippen LogP contribution >= 0.6 is 11.3 Å². The number of nitrogens with zero attached hydrogens (tertiary/aromatic N) is 2. The number of anilines is 1. The van der Waals surface area contributed by atoms with E-state index < -0.39 is 0 Å². The highest BCUT2D eigenvalue weighted by Crippen LogP contribution is 2.36. The SMILES string of the molecule is Nc1ncc(CN2CCC[C@H]3CCCC[C@H]32)s1. The van der Waals surface area contributed by atoms with Gasteiger partial charge in [-0.2, -0.15) is 0 Å². The quantitative estimate of drug-likeness (QED) is 0.879. The highest BCUT2D eigenvalue weighted by molar-refractivity contribution is 7.15. The Balaban J connectivity index is 1.68. The van der Waals surface area contributed by atoms with E-state index in [9.17, 15) is 0 Å². The molecule has 2 N–H and O–H groups in total. The van der Waals surface area contributed by atoms with Gasteiger partial charge in [0.25, 0.3) is 0 Å². The summed E-state index contributed by atoms with van der Waals surface area (Å²) in [6.07, 6.45) is 10.5. The summed E-state index contributed by atoms with van der Waals surface area (Å²) >= 11 is 1.65. The Hall–Kier alpha value is -0.610. The number of hydrogen-bond donors (Lipinski definition) is 1. The molecule has 0 radical (unpaired) electrons. The van der Waals surface area contributed by atoms with E-state index in [1.54, 1.807) is 11.3 Å². The van der Waals surface area contributed by atoms with E-state index in [1.165, 1.54) is 49.9 Å². The van der Waals surface area contributed by atoms with Gasteiger partial charge in [-0.15, -0.1) is 11.3 Å². The minimum absolute atomic E-state index is 0.706. The molecule has 17 heavy (non-hydrogen) atoms. The van der Waals surface area contributed by atoms with Crippen LogP contribution in [0.25, 0.3) is 0 Å². The summed E-state index contributed by atoms with van der Waals surface area (Å²) in [5, 5.41) is 0.706. The van der Waals surface area contributed by atoms with E-state index in [0.717, 1.165) is 18.5 Å². The minimum Gasteiger partial charge on any atom is -0.375 e. The summed E-state index contributed by atoms with van der Waals surface area (Å²) in [6, 6.07) is 0.834. The highest BCUT2D eigenvalue weighted by atomic mass is 32.1. The number of piperidine rings is 1. The summed E-state index contributed by atoms with van der Waals surface area (Å²) in [5.41, 5.74) is 5.70. The molecule has 0 bridgehead atoms. The van der Waals surface area contributed by atoms with Gasteiger partial charge in [0.1, 0.15) is 0 Å². The van der Waals surface area contributed by atoms with Crippen molar-refractivity contribution < 1.29 is 0 Å². The zero-order valence-corrected chi connectivity index (χ0v) is 11.1. The first kappa shape index (κ1) is 11.5. The second-order valence-electron chi connectivity index (χ2n) is 5.39. The maximum Gasteiger partial charge on any atom is 0.180 e. The van der Waals surface area contributed by atoms with Crippen LogP contribution in [0.15, 0.2) is 6.20 Å². The van der Waals surface area contributed by atoms with Crippen molar-refractivity contribution in [3.63, 3.8) is 0 Å². The molecule has 1 saturated carbocycles. The Morgan fingerprint density at radius 3 is 2.94 bits per heavy atom. The molecule has 0 amide bonds. The summed E-state index contributed by atoms with van der Waals surface area (Å²) in [7, 11) is 0. The van der Waals surface area contributed by atoms with E-state index in [4.69, 9.17) is 5.73 Å². The fraction of sp³-hybridized carbons (Fsp3) is 0.769. The van der Waals surface area contributed by atoms with Gasteiger partial charge in [0.2, 0.25) is 0 Å². The molecule has 0 aromatic carbocycles. The molecule has 3 nitrogen and oxygen atoms in total. The number of likely N-dealkylation sites (tertiary alicyclic amines) is 1. The average Bonchev–Trinajstić information content (AvgIpc) is 2.75. The second kappa shape index (κ2) is 4.94. The molecule has 3 rings (SSSR count). The molecule has 0 unspecified atom stereocenters. The molecule has 0 spiro atoms. The van der Waals surface area contributed by atoms with E-state index in [2.05, 4.69) is 9.88 Å². The molecule has 1 saturated heterocycles. The number of nitrogens with two attached hydrogens (primary N) is 1. The van der Waals surface area contributed by atoms with Crippen LogP contribution in [0.1, 0.15) is 43.4 Å². The molecular formula is C13H21N3S. The van der Waals surface area contributed by atoms with Crippen molar-refractivity contribution >= 4 is 16.5 Å². The Labute approximate surface area is 107 Å². The van der Waals surface area contributed by atoms with Crippen molar-refractivity contribution in [1.29, 1.82) is 0 Å². The Morgan fingerprint density at radius 1 is 1.29 bits per heavy atom. The van der Waals surface area contributed by atoms with E-state index in [1.807, 2.05) is 6.20 Å². The summed E-state index contributed by atoms with van der Waals surface area (Å²) in [5.74, 6) is 0.961. The van der Waals surface area contributed by atoms with Gasteiger partial charge in [0.15, 0.2) is 5.13 Å². The smallest absolute Gasteiger partial charge is 0.180 e. The Morgan fingerprint density at radius 2 is 2.12 bits per heavy atom. The van der Waals surface area contributed by atoms with Gasteiger partial charge >= 0.3 is 0 Å². The van der Waals surface area contributed by atoms with Crippen molar-refractivity contribution in [3.05, 3.63) is 11.1 Å². The monoisotopic (exact) mass is 251 g/mol. The van der Waals surface area contributed by atoms with E-state index in [0.29, 0.717) is 5.13 Å². The van der Waals surface area contributed by atoms with E-state index >= 15 is 0 Å². The maximum absolute atomic E-state index is 5.70. The molecule has 1 aromatic rings. The zero-order valence-electron chi connectivity index (χ0n) is 10.3. The third-order valence-electron chi connectivity index (χ3n) is 4.29. The van der Waals surface area contributed by atoms with Crippen LogP contribution in [0.4, 0.5) is 5.13 Å². The van der Waals surface area contributed by atoms with Crippen LogP contribution in [-0.2, 0) is 6.54 Å². The number of aromatic nitrogens is 1. The average molecular weight is 251 g/mol. The van der Waals surface area contributed by atoms with Crippen LogP contribution in [-0.4, -0.2) is 22.5 Å². The standard InChI is InChI=1S/C13H21N3S/c14-13-15-8-11(17-13)9-16-7-3-5-10-4-1-2-6-12(10)16/h8,10,12H,1-7,9H2,(H2,14,15)/t10-,12-/m1/s1. The van der Waals surface area contributed by atoms with Crippen LogP contribution < -0.4 is 5.73 Å². The number of thiazole rings is 1. The van der Waals surface area contributed by atoms with Crippen LogP contribution in [0.2, 0.25) is 0 Å². The zero-order chi connectivity index (χ0) is 11.7. The highest BCUT2D eigenvalue weighted by Gasteiger charge is 2.33. The van der Waals surface area contributed by atoms with Gasteiger partial charge in [-0.05, 0) is 38.1 Å². The Bertz CT molecular complexity index is 374. The first-order valence-corrected chi connectivity index (χ1v) is 7.59. The number of fused-ring (bicyclic) bond motifs is 1. The van der Waals surface area contributed by atoms with Gasteiger partial charge in [0.05, 0.1) is 0 Å². The predicted octanol–water partition coefficient (Wildman–Crippen LogP) is 2.88. The third kappa shape index (κ3) is 2.47. The first-order chi connectivity index (χ1) is 8.33. The van der Waals surface area contributed by atoms with Crippen LogP contribution in [0, 0.1) is 5.92 Å². The fourth-order valence-electron chi connectivity index (χ4n) is 3.52. The van der Waals surface area contributed by atoms with Crippen LogP contribution in [0.5, 0.6) is 0 Å². The number of nitrogen functional groups attached to an aromatic ring is 1. The minimum atomic E-state index is 0.706. The largest absolute Gasteiger partial charge is 0.375 e. The molecular weight excluding hydrogens is 230 g/mol. The van der Waals surface area contributed by atoms with Gasteiger partial charge in [-0.25, -0.2) is 4.98 Å². The molecule has 94 valence electrons. The third-order valence-corrected chi connectivity index (χ3v) is 5.10. The lowest BCUT2D eigenvalue weighted by molar-refractivity contribution is 0.0554. The second-order valence-corrected chi connectivity index (χ2v) is 6.54. The van der Waals surface area contributed by atoms with Crippen molar-refractivity contribution in [1.82, 2.24) is 9.88 Å². The lowest BCUT2D eigenvalue weighted by Crippen LogP contribution is -2.46. The van der Waals surface area contributed by atoms with Crippen LogP contribution in [0.3, 0.4) is 0 Å². The molecule has 2 heterocycles. The first-order valence-electron chi connectivity index (χ1n) is 6.77. The molecule has 1 aliphatic carbocycles. The summed E-state index contributed by atoms with van der Waals surface area (Å²) < 4.78 is 0. The normalized spacial score (nSPS) is 30.1. The van der Waals surface area contributed by atoms with Gasteiger partial charge in [0, 0.05) is 23.7 Å². The Kier molecular flexibility index (Phi) is 3.34. The van der Waals surface area contributed by atoms with E-state index in [-0.39, 0.29) is 0 Å². The number of hydrogen-bond acceptors (Lipinski definition) is 4. The topological polar surface area (TPSA) is 42.1 Å². The molecule has 4 heteroatoms. The summed E-state index contributed by atoms with van der Waals surface area (Å²) in [4.78, 5) is 8.16. The molecule has 2 fully saturated rings. The number of rotatable bonds is 2.